The monoisotopic (exact) mass is 322 g/mol. The van der Waals surface area contributed by atoms with Gasteiger partial charge in [0, 0.05) is 18.5 Å². The molecule has 1 aliphatic rings. The molecule has 0 bridgehead atoms. The van der Waals surface area contributed by atoms with Gasteiger partial charge in [-0.3, -0.25) is 0 Å². The van der Waals surface area contributed by atoms with Crippen LogP contribution in [0.1, 0.15) is 23.5 Å². The highest BCUT2D eigenvalue weighted by molar-refractivity contribution is 5.46. The van der Waals surface area contributed by atoms with Gasteiger partial charge < -0.3 is 14.8 Å². The van der Waals surface area contributed by atoms with E-state index in [1.807, 2.05) is 6.07 Å². The van der Waals surface area contributed by atoms with Gasteiger partial charge in [0.1, 0.15) is 0 Å². The van der Waals surface area contributed by atoms with E-state index < -0.39 is 0 Å². The molecule has 0 radical (unpaired) electrons. The maximum atomic E-state index is 8.99. The predicted octanol–water partition coefficient (Wildman–Crippen LogP) is 3.34. The Hall–Kier alpha value is -2.51. The number of methoxy groups -OCH3 is 1. The molecule has 1 N–H and O–H groups in total. The number of nitrogens with one attached hydrogen (secondary N) is 1. The summed E-state index contributed by atoms with van der Waals surface area (Å²) in [5.41, 5.74) is 1.94. The van der Waals surface area contributed by atoms with Crippen LogP contribution in [0.2, 0.25) is 0 Å². The van der Waals surface area contributed by atoms with Gasteiger partial charge in [-0.1, -0.05) is 30.3 Å². The molecular formula is C20H22N2O2. The van der Waals surface area contributed by atoms with Crippen LogP contribution in [0.25, 0.3) is 0 Å². The number of rotatable bonds is 5. The second-order valence-corrected chi connectivity index (χ2v) is 6.06. The molecule has 0 saturated carbocycles. The summed E-state index contributed by atoms with van der Waals surface area (Å²) in [6, 6.07) is 18.0. The number of ether oxygens (including phenoxy) is 2. The normalized spacial score (nSPS) is 20.2. The van der Waals surface area contributed by atoms with Crippen LogP contribution in [0.4, 0.5) is 0 Å². The Morgan fingerprint density at radius 3 is 2.75 bits per heavy atom. The molecule has 0 amide bonds. The molecule has 2 aromatic carbocycles. The summed E-state index contributed by atoms with van der Waals surface area (Å²) >= 11 is 0. The Kier molecular flexibility index (Phi) is 5.35. The zero-order valence-electron chi connectivity index (χ0n) is 13.9. The number of nitriles is 1. The first-order valence-corrected chi connectivity index (χ1v) is 8.28. The molecule has 0 aromatic heterocycles. The molecule has 1 saturated heterocycles. The summed E-state index contributed by atoms with van der Waals surface area (Å²) < 4.78 is 11.4. The Balaban J connectivity index is 1.72. The zero-order valence-corrected chi connectivity index (χ0v) is 13.9. The second kappa shape index (κ2) is 7.85. The highest BCUT2D eigenvalue weighted by Gasteiger charge is 2.27. The number of hydrogen-bond acceptors (Lipinski definition) is 4. The average Bonchev–Trinajstić information content (AvgIpc) is 2.67. The van der Waals surface area contributed by atoms with E-state index in [0.717, 1.165) is 19.5 Å². The van der Waals surface area contributed by atoms with Crippen LogP contribution in [0.3, 0.4) is 0 Å². The van der Waals surface area contributed by atoms with Crippen LogP contribution in [0.5, 0.6) is 11.5 Å². The molecule has 124 valence electrons. The van der Waals surface area contributed by atoms with Gasteiger partial charge >= 0.3 is 0 Å². The molecule has 4 nitrogen and oxygen atoms in total. The standard InChI is InChI=1S/C20H22N2O2/c1-23-20-11-15(12-21)7-8-19(20)24-14-17-13-22-10-9-18(17)16-5-3-2-4-6-16/h2-8,11,17-18,22H,9-10,13-14H2,1H3. The van der Waals surface area contributed by atoms with E-state index >= 15 is 0 Å². The van der Waals surface area contributed by atoms with Crippen molar-refractivity contribution >= 4 is 0 Å². The van der Waals surface area contributed by atoms with Crippen LogP contribution >= 0.6 is 0 Å². The van der Waals surface area contributed by atoms with Crippen molar-refractivity contribution in [1.29, 1.82) is 5.26 Å². The largest absolute Gasteiger partial charge is 0.493 e. The van der Waals surface area contributed by atoms with E-state index in [1.165, 1.54) is 5.56 Å². The molecule has 24 heavy (non-hydrogen) atoms. The lowest BCUT2D eigenvalue weighted by Crippen LogP contribution is -2.38. The van der Waals surface area contributed by atoms with Gasteiger partial charge in [-0.15, -0.1) is 0 Å². The second-order valence-electron chi connectivity index (χ2n) is 6.06. The first-order chi connectivity index (χ1) is 11.8. The topological polar surface area (TPSA) is 54.3 Å². The SMILES string of the molecule is COc1cc(C#N)ccc1OCC1CNCCC1c1ccccc1. The van der Waals surface area contributed by atoms with E-state index in [4.69, 9.17) is 14.7 Å². The van der Waals surface area contributed by atoms with Crippen molar-refractivity contribution in [2.45, 2.75) is 12.3 Å². The lowest BCUT2D eigenvalue weighted by atomic mass is 9.81. The highest BCUT2D eigenvalue weighted by atomic mass is 16.5. The lowest BCUT2D eigenvalue weighted by Gasteiger charge is -2.32. The quantitative estimate of drug-likeness (QED) is 0.917. The van der Waals surface area contributed by atoms with Gasteiger partial charge in [0.15, 0.2) is 11.5 Å². The lowest BCUT2D eigenvalue weighted by molar-refractivity contribution is 0.191. The van der Waals surface area contributed by atoms with Crippen molar-refractivity contribution in [2.24, 2.45) is 5.92 Å². The Morgan fingerprint density at radius 2 is 2.00 bits per heavy atom. The fraction of sp³-hybridized carbons (Fsp3) is 0.350. The molecule has 2 aromatic rings. The first-order valence-electron chi connectivity index (χ1n) is 8.28. The maximum absolute atomic E-state index is 8.99. The minimum atomic E-state index is 0.404. The highest BCUT2D eigenvalue weighted by Crippen LogP contribution is 2.33. The maximum Gasteiger partial charge on any atom is 0.162 e. The molecule has 1 fully saturated rings. The number of hydrogen-bond donors (Lipinski definition) is 1. The number of benzene rings is 2. The van der Waals surface area contributed by atoms with Crippen molar-refractivity contribution in [1.82, 2.24) is 5.32 Å². The first kappa shape index (κ1) is 16.4. The molecule has 0 spiro atoms. The van der Waals surface area contributed by atoms with Crippen LogP contribution in [-0.2, 0) is 0 Å². The average molecular weight is 322 g/mol. The van der Waals surface area contributed by atoms with E-state index in [0.29, 0.717) is 35.5 Å². The summed E-state index contributed by atoms with van der Waals surface area (Å²) in [4.78, 5) is 0. The zero-order chi connectivity index (χ0) is 16.8. The molecule has 2 unspecified atom stereocenters. The third-order valence-electron chi connectivity index (χ3n) is 4.58. The Bertz CT molecular complexity index is 709. The summed E-state index contributed by atoms with van der Waals surface area (Å²) in [5, 5.41) is 12.5. The minimum Gasteiger partial charge on any atom is -0.493 e. The van der Waals surface area contributed by atoms with Crippen LogP contribution in [0.15, 0.2) is 48.5 Å². The van der Waals surface area contributed by atoms with E-state index in [-0.39, 0.29) is 0 Å². The number of nitrogens with zero attached hydrogens (tertiary/aromatic N) is 1. The van der Waals surface area contributed by atoms with Gasteiger partial charge in [0.2, 0.25) is 0 Å². The van der Waals surface area contributed by atoms with Gasteiger partial charge in [0.25, 0.3) is 0 Å². The van der Waals surface area contributed by atoms with Crippen molar-refractivity contribution in [3.63, 3.8) is 0 Å². The summed E-state index contributed by atoms with van der Waals surface area (Å²) in [6.07, 6.45) is 1.11. The van der Waals surface area contributed by atoms with E-state index in [9.17, 15) is 0 Å². The van der Waals surface area contributed by atoms with Gasteiger partial charge in [-0.2, -0.15) is 5.26 Å². The molecule has 4 heteroatoms. The Labute approximate surface area is 143 Å². The van der Waals surface area contributed by atoms with Crippen molar-refractivity contribution in [3.8, 4) is 17.6 Å². The summed E-state index contributed by atoms with van der Waals surface area (Å²) in [6.45, 7) is 2.60. The molecule has 1 aliphatic heterocycles. The van der Waals surface area contributed by atoms with Crippen LogP contribution < -0.4 is 14.8 Å². The van der Waals surface area contributed by atoms with Crippen LogP contribution in [0, 0.1) is 17.2 Å². The summed E-state index contributed by atoms with van der Waals surface area (Å²) in [7, 11) is 1.60. The third kappa shape index (κ3) is 3.69. The fourth-order valence-electron chi connectivity index (χ4n) is 3.29. The number of piperidine rings is 1. The fourth-order valence-corrected chi connectivity index (χ4v) is 3.29. The van der Waals surface area contributed by atoms with Gasteiger partial charge in [0.05, 0.1) is 25.3 Å². The smallest absolute Gasteiger partial charge is 0.162 e. The summed E-state index contributed by atoms with van der Waals surface area (Å²) in [5.74, 6) is 2.20. The Morgan fingerprint density at radius 1 is 1.17 bits per heavy atom. The van der Waals surface area contributed by atoms with Crippen molar-refractivity contribution in [3.05, 3.63) is 59.7 Å². The molecule has 1 heterocycles. The van der Waals surface area contributed by atoms with Gasteiger partial charge in [-0.25, -0.2) is 0 Å². The molecular weight excluding hydrogens is 300 g/mol. The molecule has 3 rings (SSSR count). The molecule has 0 aliphatic carbocycles. The van der Waals surface area contributed by atoms with Crippen LogP contribution in [-0.4, -0.2) is 26.8 Å². The third-order valence-corrected chi connectivity index (χ3v) is 4.58. The van der Waals surface area contributed by atoms with Crippen molar-refractivity contribution in [2.75, 3.05) is 26.8 Å². The predicted molar refractivity (Wildman–Crippen MR) is 93.4 cm³/mol. The molecule has 2 atom stereocenters. The van der Waals surface area contributed by atoms with E-state index in [2.05, 4.69) is 41.7 Å². The minimum absolute atomic E-state index is 0.404. The van der Waals surface area contributed by atoms with E-state index in [1.54, 1.807) is 19.2 Å². The van der Waals surface area contributed by atoms with Crippen molar-refractivity contribution < 1.29 is 9.47 Å². The van der Waals surface area contributed by atoms with Gasteiger partial charge in [-0.05, 0) is 36.6 Å².